The van der Waals surface area contributed by atoms with Crippen molar-refractivity contribution in [3.05, 3.63) is 53.7 Å². The number of aromatic amines is 1. The van der Waals surface area contributed by atoms with E-state index in [0.717, 1.165) is 73.0 Å². The van der Waals surface area contributed by atoms with Gasteiger partial charge in [0.1, 0.15) is 51.1 Å². The molecule has 0 spiro atoms. The maximum atomic E-state index is 10.9. The number of methoxy groups -OCH3 is 1. The summed E-state index contributed by atoms with van der Waals surface area (Å²) < 4.78 is 16.2. The van der Waals surface area contributed by atoms with Crippen LogP contribution >= 0.6 is 0 Å². The fourth-order valence-electron chi connectivity index (χ4n) is 4.58. The number of aliphatic hydroxyl groups excluding tert-OH is 1. The average molecular weight is 412 g/mol. The number of hydrogen-bond donors (Lipinski definition) is 4. The number of fused-ring (bicyclic) bond motifs is 2. The molecule has 1 aromatic heterocycles. The first-order valence-corrected chi connectivity index (χ1v) is 10.6. The summed E-state index contributed by atoms with van der Waals surface area (Å²) in [6.07, 6.45) is 1.44. The summed E-state index contributed by atoms with van der Waals surface area (Å²) in [7, 11) is 1.67. The third kappa shape index (κ3) is 3.84. The minimum atomic E-state index is -0.490. The molecule has 0 saturated carbocycles. The highest BCUT2D eigenvalue weighted by Gasteiger charge is 2.27. The van der Waals surface area contributed by atoms with Crippen LogP contribution in [0.1, 0.15) is 17.2 Å². The largest absolute Gasteiger partial charge is 0.497 e. The molecule has 0 radical (unpaired) electrons. The first kappa shape index (κ1) is 19.2. The predicted octanol–water partition coefficient (Wildman–Crippen LogP) is -0.0778. The lowest BCUT2D eigenvalue weighted by atomic mass is 10.1. The highest BCUT2D eigenvalue weighted by Crippen LogP contribution is 2.32. The molecule has 3 heterocycles. The smallest absolute Gasteiger partial charge is 0.231 e. The molecule has 0 aliphatic carbocycles. The molecule has 1 atom stereocenters. The van der Waals surface area contributed by atoms with Gasteiger partial charge in [-0.2, -0.15) is 0 Å². The second-order valence-corrected chi connectivity index (χ2v) is 8.24. The first-order chi connectivity index (χ1) is 14.7. The van der Waals surface area contributed by atoms with Gasteiger partial charge in [-0.3, -0.25) is 0 Å². The van der Waals surface area contributed by atoms with Crippen LogP contribution < -0.4 is 24.0 Å². The molecule has 2 aliphatic rings. The molecule has 30 heavy (non-hydrogen) atoms. The number of nitrogens with one attached hydrogen (secondary N) is 3. The van der Waals surface area contributed by atoms with E-state index in [4.69, 9.17) is 14.2 Å². The number of rotatable bonds is 6. The van der Waals surface area contributed by atoms with Crippen LogP contribution in [0.5, 0.6) is 17.2 Å². The Labute approximate surface area is 175 Å². The van der Waals surface area contributed by atoms with Gasteiger partial charge in [0.15, 0.2) is 11.5 Å². The van der Waals surface area contributed by atoms with E-state index < -0.39 is 6.10 Å². The lowest BCUT2D eigenvalue weighted by Gasteiger charge is -2.30. The zero-order valence-corrected chi connectivity index (χ0v) is 17.2. The van der Waals surface area contributed by atoms with Crippen LogP contribution in [0.25, 0.3) is 10.9 Å². The van der Waals surface area contributed by atoms with Crippen molar-refractivity contribution in [2.24, 2.45) is 0 Å². The Hall–Kier alpha value is -2.74. The molecule has 0 unspecified atom stereocenters. The second kappa shape index (κ2) is 8.18. The van der Waals surface area contributed by atoms with Gasteiger partial charge in [0.05, 0.1) is 7.11 Å². The molecule has 2 aliphatic heterocycles. The standard InChI is InChI=1S/C23H27N3O4/c1-28-17-3-4-20-18(11-17)19(12-24-20)21(27)14-26-8-6-25(7-9-26)13-16-2-5-22-23(10-16)30-15-29-22/h2-5,10-12,21,24,27H,6-9,13-15H2,1H3/p+2/t21-/m0/s1. The number of benzene rings is 2. The normalized spacial score (nSPS) is 21.7. The van der Waals surface area contributed by atoms with Crippen LogP contribution in [0.15, 0.2) is 42.6 Å². The Balaban J connectivity index is 1.17. The average Bonchev–Trinajstić information content (AvgIpc) is 3.41. The van der Waals surface area contributed by atoms with Crippen LogP contribution in [-0.2, 0) is 6.54 Å². The number of H-pyrrole nitrogens is 1. The molecule has 7 nitrogen and oxygen atoms in total. The lowest BCUT2D eigenvalue weighted by Crippen LogP contribution is -3.27. The van der Waals surface area contributed by atoms with Gasteiger partial charge < -0.3 is 34.1 Å². The second-order valence-electron chi connectivity index (χ2n) is 8.24. The number of hydrogen-bond acceptors (Lipinski definition) is 4. The van der Waals surface area contributed by atoms with Crippen molar-refractivity contribution in [3.8, 4) is 17.2 Å². The predicted molar refractivity (Wildman–Crippen MR) is 112 cm³/mol. The van der Waals surface area contributed by atoms with Gasteiger partial charge in [-0.1, -0.05) is 0 Å². The Morgan fingerprint density at radius 3 is 2.67 bits per heavy atom. The maximum Gasteiger partial charge on any atom is 0.231 e. The Morgan fingerprint density at radius 2 is 1.83 bits per heavy atom. The van der Waals surface area contributed by atoms with Crippen molar-refractivity contribution >= 4 is 10.9 Å². The minimum absolute atomic E-state index is 0.319. The van der Waals surface area contributed by atoms with E-state index in [1.807, 2.05) is 30.5 Å². The van der Waals surface area contributed by atoms with E-state index in [0.29, 0.717) is 6.79 Å². The molecule has 158 valence electrons. The molecule has 1 saturated heterocycles. The summed E-state index contributed by atoms with van der Waals surface area (Å²) in [4.78, 5) is 6.29. The highest BCUT2D eigenvalue weighted by atomic mass is 16.7. The Morgan fingerprint density at radius 1 is 1.03 bits per heavy atom. The molecular weight excluding hydrogens is 382 g/mol. The third-order valence-corrected chi connectivity index (χ3v) is 6.32. The lowest BCUT2D eigenvalue weighted by molar-refractivity contribution is -1.02. The summed E-state index contributed by atoms with van der Waals surface area (Å²) >= 11 is 0. The van der Waals surface area contributed by atoms with Crippen molar-refractivity contribution in [3.63, 3.8) is 0 Å². The molecule has 4 N–H and O–H groups in total. The molecule has 2 aromatic carbocycles. The van der Waals surface area contributed by atoms with Gasteiger partial charge in [0, 0.05) is 28.2 Å². The van der Waals surface area contributed by atoms with Gasteiger partial charge in [0.25, 0.3) is 0 Å². The molecule has 1 fully saturated rings. The summed E-state index contributed by atoms with van der Waals surface area (Å²) in [5.41, 5.74) is 3.26. The van der Waals surface area contributed by atoms with Gasteiger partial charge in [0.2, 0.25) is 6.79 Å². The van der Waals surface area contributed by atoms with Crippen LogP contribution in [0.2, 0.25) is 0 Å². The SMILES string of the molecule is COc1ccc2[nH]cc([C@@H](O)C[NH+]3CC[NH+](Cc4ccc5c(c4)OCO5)CC3)c2c1. The molecule has 5 rings (SSSR count). The maximum absolute atomic E-state index is 10.9. The van der Waals surface area contributed by atoms with Crippen molar-refractivity contribution in [2.75, 3.05) is 46.6 Å². The van der Waals surface area contributed by atoms with Gasteiger partial charge in [-0.05, 0) is 36.4 Å². The van der Waals surface area contributed by atoms with E-state index in [-0.39, 0.29) is 0 Å². The summed E-state index contributed by atoms with van der Waals surface area (Å²) in [5.74, 6) is 2.50. The van der Waals surface area contributed by atoms with Crippen LogP contribution in [-0.4, -0.2) is 56.7 Å². The van der Waals surface area contributed by atoms with E-state index in [1.54, 1.807) is 12.0 Å². The Bertz CT molecular complexity index is 1030. The van der Waals surface area contributed by atoms with Crippen LogP contribution in [0.3, 0.4) is 0 Å². The highest BCUT2D eigenvalue weighted by molar-refractivity contribution is 5.85. The van der Waals surface area contributed by atoms with E-state index in [2.05, 4.69) is 17.1 Å². The summed E-state index contributed by atoms with van der Waals surface area (Å²) in [6.45, 7) is 6.34. The number of aromatic nitrogens is 1. The first-order valence-electron chi connectivity index (χ1n) is 10.6. The topological polar surface area (TPSA) is 72.6 Å². The van der Waals surface area contributed by atoms with E-state index >= 15 is 0 Å². The summed E-state index contributed by atoms with van der Waals surface area (Å²) in [6, 6.07) is 12.2. The third-order valence-electron chi connectivity index (χ3n) is 6.32. The van der Waals surface area contributed by atoms with Crippen LogP contribution in [0.4, 0.5) is 0 Å². The molecule has 7 heteroatoms. The van der Waals surface area contributed by atoms with Gasteiger partial charge >= 0.3 is 0 Å². The molecular formula is C23H29N3O4+2. The number of aliphatic hydroxyl groups is 1. The summed E-state index contributed by atoms with van der Waals surface area (Å²) in [5, 5.41) is 11.9. The van der Waals surface area contributed by atoms with E-state index in [1.165, 1.54) is 10.5 Å². The van der Waals surface area contributed by atoms with Crippen LogP contribution in [0, 0.1) is 0 Å². The van der Waals surface area contributed by atoms with Crippen molar-refractivity contribution < 1.29 is 29.1 Å². The molecule has 0 bridgehead atoms. The van der Waals surface area contributed by atoms with Crippen molar-refractivity contribution in [2.45, 2.75) is 12.6 Å². The van der Waals surface area contributed by atoms with Crippen molar-refractivity contribution in [1.29, 1.82) is 0 Å². The molecule has 0 amide bonds. The zero-order chi connectivity index (χ0) is 20.5. The quantitative estimate of drug-likeness (QED) is 0.458. The number of quaternary nitrogens is 2. The number of ether oxygens (including phenoxy) is 3. The minimum Gasteiger partial charge on any atom is -0.497 e. The monoisotopic (exact) mass is 411 g/mol. The van der Waals surface area contributed by atoms with Gasteiger partial charge in [-0.15, -0.1) is 0 Å². The fourth-order valence-corrected chi connectivity index (χ4v) is 4.58. The van der Waals surface area contributed by atoms with E-state index in [9.17, 15) is 5.11 Å². The molecule has 3 aromatic rings. The fraction of sp³-hybridized carbons (Fsp3) is 0.391. The number of piperazine rings is 1. The Kier molecular flexibility index (Phi) is 5.25. The van der Waals surface area contributed by atoms with Crippen molar-refractivity contribution in [1.82, 2.24) is 4.98 Å². The van der Waals surface area contributed by atoms with Gasteiger partial charge in [-0.25, -0.2) is 0 Å². The zero-order valence-electron chi connectivity index (χ0n) is 17.2.